The number of imide groups is 1. The average molecular weight is 458 g/mol. The Bertz CT molecular complexity index is 1100. The van der Waals surface area contributed by atoms with Crippen molar-refractivity contribution in [3.05, 3.63) is 96.1 Å². The summed E-state index contributed by atoms with van der Waals surface area (Å²) in [6.45, 7) is 5.71. The highest BCUT2D eigenvalue weighted by atomic mass is 16.6. The molecule has 5 nitrogen and oxygen atoms in total. The van der Waals surface area contributed by atoms with E-state index in [0.717, 1.165) is 22.3 Å². The van der Waals surface area contributed by atoms with E-state index in [0.29, 0.717) is 19.4 Å². The molecule has 5 heteroatoms. The Labute approximate surface area is 201 Å². The zero-order valence-corrected chi connectivity index (χ0v) is 19.9. The van der Waals surface area contributed by atoms with Crippen LogP contribution in [0.25, 0.3) is 11.1 Å². The molecule has 1 aliphatic rings. The summed E-state index contributed by atoms with van der Waals surface area (Å²) >= 11 is 0. The van der Waals surface area contributed by atoms with Crippen LogP contribution in [0.3, 0.4) is 0 Å². The summed E-state index contributed by atoms with van der Waals surface area (Å²) in [5, 5.41) is 0. The molecule has 0 saturated carbocycles. The summed E-state index contributed by atoms with van der Waals surface area (Å²) in [6.07, 6.45) is -0.313. The number of likely N-dealkylation sites (tertiary alicyclic amines) is 1. The summed E-state index contributed by atoms with van der Waals surface area (Å²) in [4.78, 5) is 27.4. The molecular formula is C29H31NO4. The molecule has 2 atom stereocenters. The molecule has 0 radical (unpaired) electrons. The van der Waals surface area contributed by atoms with Crippen LogP contribution < -0.4 is 0 Å². The van der Waals surface area contributed by atoms with E-state index in [-0.39, 0.29) is 11.9 Å². The zero-order chi connectivity index (χ0) is 24.1. The summed E-state index contributed by atoms with van der Waals surface area (Å²) in [5.74, 6) is -0.337. The number of benzene rings is 3. The first-order valence-electron chi connectivity index (χ1n) is 11.7. The number of carbonyl (C=O) groups excluding carboxylic acids is 2. The summed E-state index contributed by atoms with van der Waals surface area (Å²) in [5.41, 5.74) is 3.62. The Morgan fingerprint density at radius 1 is 0.853 bits per heavy atom. The van der Waals surface area contributed by atoms with Gasteiger partial charge in [0, 0.05) is 6.42 Å². The maximum absolute atomic E-state index is 13.2. The van der Waals surface area contributed by atoms with Gasteiger partial charge in [-0.2, -0.15) is 0 Å². The van der Waals surface area contributed by atoms with Crippen LogP contribution in [0.4, 0.5) is 4.79 Å². The van der Waals surface area contributed by atoms with Gasteiger partial charge in [-0.05, 0) is 49.4 Å². The standard InChI is InChI=1S/C29H31NO4/c1-29(2,3)34-28(32)30-25(19-26(27(30)31)33-20-22-10-6-4-7-11-22)18-21-14-16-24(17-15-21)23-12-8-5-9-13-23/h4-17,25-26H,18-20H2,1-3H3/t25-,26+/m1/s1. The predicted molar refractivity (Wildman–Crippen MR) is 132 cm³/mol. The van der Waals surface area contributed by atoms with Crippen molar-refractivity contribution in [2.24, 2.45) is 0 Å². The van der Waals surface area contributed by atoms with E-state index in [9.17, 15) is 9.59 Å². The smallest absolute Gasteiger partial charge is 0.417 e. The lowest BCUT2D eigenvalue weighted by atomic mass is 9.99. The van der Waals surface area contributed by atoms with Crippen molar-refractivity contribution in [2.75, 3.05) is 0 Å². The fourth-order valence-electron chi connectivity index (χ4n) is 4.16. The number of nitrogens with zero attached hydrogens (tertiary/aromatic N) is 1. The van der Waals surface area contributed by atoms with Crippen molar-refractivity contribution in [3.63, 3.8) is 0 Å². The van der Waals surface area contributed by atoms with Crippen molar-refractivity contribution in [1.82, 2.24) is 4.90 Å². The molecule has 34 heavy (non-hydrogen) atoms. The quantitative estimate of drug-likeness (QED) is 0.454. The van der Waals surface area contributed by atoms with E-state index in [1.807, 2.05) is 48.5 Å². The number of ether oxygens (including phenoxy) is 2. The number of carbonyl (C=O) groups is 2. The highest BCUT2D eigenvalue weighted by Crippen LogP contribution is 2.29. The van der Waals surface area contributed by atoms with Crippen LogP contribution in [0, 0.1) is 0 Å². The molecular weight excluding hydrogens is 426 g/mol. The van der Waals surface area contributed by atoms with Gasteiger partial charge in [0.2, 0.25) is 0 Å². The van der Waals surface area contributed by atoms with E-state index in [2.05, 4.69) is 36.4 Å². The summed E-state index contributed by atoms with van der Waals surface area (Å²) in [6, 6.07) is 27.8. The average Bonchev–Trinajstić information content (AvgIpc) is 3.13. The molecule has 0 N–H and O–H groups in total. The minimum Gasteiger partial charge on any atom is -0.443 e. The van der Waals surface area contributed by atoms with E-state index in [1.165, 1.54) is 4.90 Å². The van der Waals surface area contributed by atoms with Crippen molar-refractivity contribution in [1.29, 1.82) is 0 Å². The monoisotopic (exact) mass is 457 g/mol. The molecule has 0 bridgehead atoms. The van der Waals surface area contributed by atoms with E-state index in [4.69, 9.17) is 9.47 Å². The largest absolute Gasteiger partial charge is 0.443 e. The molecule has 0 aromatic heterocycles. The minimum absolute atomic E-state index is 0.317. The van der Waals surface area contributed by atoms with Crippen molar-refractivity contribution >= 4 is 12.0 Å². The van der Waals surface area contributed by atoms with Gasteiger partial charge in [-0.1, -0.05) is 84.9 Å². The van der Waals surface area contributed by atoms with Crippen molar-refractivity contribution in [3.8, 4) is 11.1 Å². The van der Waals surface area contributed by atoms with Gasteiger partial charge in [-0.3, -0.25) is 4.79 Å². The SMILES string of the molecule is CC(C)(C)OC(=O)N1C(=O)[C@@H](OCc2ccccc2)C[C@H]1Cc1ccc(-c2ccccc2)cc1. The van der Waals surface area contributed by atoms with E-state index < -0.39 is 17.8 Å². The third-order valence-corrected chi connectivity index (χ3v) is 5.78. The van der Waals surface area contributed by atoms with E-state index >= 15 is 0 Å². The van der Waals surface area contributed by atoms with E-state index in [1.54, 1.807) is 20.8 Å². The van der Waals surface area contributed by atoms with Gasteiger partial charge in [-0.25, -0.2) is 9.69 Å². The third kappa shape index (κ3) is 5.91. The molecule has 0 unspecified atom stereocenters. The lowest BCUT2D eigenvalue weighted by Crippen LogP contribution is -2.44. The van der Waals surface area contributed by atoms with Gasteiger partial charge in [0.15, 0.2) is 0 Å². The molecule has 1 saturated heterocycles. The number of amides is 2. The topological polar surface area (TPSA) is 55.8 Å². The highest BCUT2D eigenvalue weighted by molar-refractivity contribution is 5.97. The predicted octanol–water partition coefficient (Wildman–Crippen LogP) is 6.02. The Morgan fingerprint density at radius 2 is 1.44 bits per heavy atom. The number of hydrogen-bond acceptors (Lipinski definition) is 4. The van der Waals surface area contributed by atoms with Crippen LogP contribution >= 0.6 is 0 Å². The molecule has 176 valence electrons. The van der Waals surface area contributed by atoms with Gasteiger partial charge in [-0.15, -0.1) is 0 Å². The zero-order valence-electron chi connectivity index (χ0n) is 19.9. The fourth-order valence-corrected chi connectivity index (χ4v) is 4.16. The fraction of sp³-hybridized carbons (Fsp3) is 0.310. The second-order valence-electron chi connectivity index (χ2n) is 9.63. The van der Waals surface area contributed by atoms with Crippen LogP contribution in [0.2, 0.25) is 0 Å². The van der Waals surface area contributed by atoms with Gasteiger partial charge in [0.1, 0.15) is 11.7 Å². The van der Waals surface area contributed by atoms with Gasteiger partial charge >= 0.3 is 6.09 Å². The van der Waals surface area contributed by atoms with Crippen LogP contribution in [0.15, 0.2) is 84.9 Å². The van der Waals surface area contributed by atoms with Crippen LogP contribution in [-0.4, -0.2) is 34.6 Å². The van der Waals surface area contributed by atoms with Crippen LogP contribution in [0.1, 0.15) is 38.3 Å². The van der Waals surface area contributed by atoms with Crippen LogP contribution in [0.5, 0.6) is 0 Å². The Kier molecular flexibility index (Phi) is 7.13. The molecule has 4 rings (SSSR count). The summed E-state index contributed by atoms with van der Waals surface area (Å²) in [7, 11) is 0. The molecule has 1 aliphatic heterocycles. The lowest BCUT2D eigenvalue weighted by Gasteiger charge is -2.27. The molecule has 2 amide bonds. The maximum Gasteiger partial charge on any atom is 0.417 e. The first-order valence-corrected chi connectivity index (χ1v) is 11.7. The lowest BCUT2D eigenvalue weighted by molar-refractivity contribution is -0.137. The van der Waals surface area contributed by atoms with Gasteiger partial charge < -0.3 is 9.47 Å². The van der Waals surface area contributed by atoms with Crippen molar-refractivity contribution in [2.45, 2.75) is 58.0 Å². The highest BCUT2D eigenvalue weighted by Gasteiger charge is 2.45. The number of rotatable bonds is 6. The number of hydrogen-bond donors (Lipinski definition) is 0. The Morgan fingerprint density at radius 3 is 2.06 bits per heavy atom. The third-order valence-electron chi connectivity index (χ3n) is 5.78. The molecule has 0 aliphatic carbocycles. The Hall–Kier alpha value is -3.44. The molecule has 3 aromatic rings. The van der Waals surface area contributed by atoms with Gasteiger partial charge in [0.25, 0.3) is 5.91 Å². The maximum atomic E-state index is 13.2. The molecule has 3 aromatic carbocycles. The minimum atomic E-state index is -0.692. The molecule has 0 spiro atoms. The Balaban J connectivity index is 1.50. The first-order chi connectivity index (χ1) is 16.3. The normalized spacial score (nSPS) is 18.2. The second kappa shape index (κ2) is 10.2. The molecule has 1 heterocycles. The second-order valence-corrected chi connectivity index (χ2v) is 9.63. The molecule has 1 fully saturated rings. The van der Waals surface area contributed by atoms with Crippen LogP contribution in [-0.2, 0) is 27.3 Å². The summed E-state index contributed by atoms with van der Waals surface area (Å²) < 4.78 is 11.5. The first kappa shape index (κ1) is 23.7. The van der Waals surface area contributed by atoms with Gasteiger partial charge in [0.05, 0.1) is 12.6 Å². The van der Waals surface area contributed by atoms with Crippen molar-refractivity contribution < 1.29 is 19.1 Å².